The highest BCUT2D eigenvalue weighted by atomic mass is 16.8. The summed E-state index contributed by atoms with van der Waals surface area (Å²) in [6, 6.07) is -0.572. The summed E-state index contributed by atoms with van der Waals surface area (Å²) in [6.07, 6.45) is -2.45. The molecule has 29 heavy (non-hydrogen) atoms. The molecule has 0 radical (unpaired) electrons. The Hall–Kier alpha value is -1.75. The van der Waals surface area contributed by atoms with E-state index in [9.17, 15) is 14.4 Å². The van der Waals surface area contributed by atoms with Gasteiger partial charge in [-0.3, -0.25) is 9.59 Å². The molecule has 0 aromatic rings. The fourth-order valence-corrected chi connectivity index (χ4v) is 3.87. The predicted octanol–water partition coefficient (Wildman–Crippen LogP) is 0.515. The van der Waals surface area contributed by atoms with Crippen molar-refractivity contribution >= 4 is 17.8 Å². The van der Waals surface area contributed by atoms with Gasteiger partial charge in [-0.15, -0.1) is 0 Å². The summed E-state index contributed by atoms with van der Waals surface area (Å²) in [5.74, 6) is -4.43. The molecule has 0 aromatic heterocycles. The van der Waals surface area contributed by atoms with Gasteiger partial charge < -0.3 is 33.7 Å². The van der Waals surface area contributed by atoms with E-state index in [-0.39, 0.29) is 24.9 Å². The number of methoxy groups -OCH3 is 2. The van der Waals surface area contributed by atoms with Crippen molar-refractivity contribution in [1.29, 1.82) is 0 Å². The number of carbonyl (C=O) groups is 3. The molecule has 2 heterocycles. The molecule has 0 bridgehead atoms. The Labute approximate surface area is 170 Å². The van der Waals surface area contributed by atoms with Gasteiger partial charge in [0.15, 0.2) is 11.9 Å². The molecule has 2 saturated heterocycles. The lowest BCUT2D eigenvalue weighted by Gasteiger charge is -2.48. The summed E-state index contributed by atoms with van der Waals surface area (Å²) in [5, 5.41) is 2.84. The van der Waals surface area contributed by atoms with E-state index < -0.39 is 47.9 Å². The SMILES string of the molecule is COC(=O)[C@]1(OC)C[C@@H](C)[C@@H](NC(C)=O)[C@H]([C@H](OC(C)=O)[C@H]2COC(C)(C)O2)O1. The molecule has 2 fully saturated rings. The van der Waals surface area contributed by atoms with Gasteiger partial charge in [0.25, 0.3) is 5.79 Å². The second-order valence-electron chi connectivity index (χ2n) is 7.88. The van der Waals surface area contributed by atoms with Gasteiger partial charge in [-0.2, -0.15) is 0 Å². The van der Waals surface area contributed by atoms with E-state index in [4.69, 9.17) is 28.4 Å². The number of rotatable bonds is 6. The van der Waals surface area contributed by atoms with Crippen LogP contribution in [-0.4, -0.2) is 74.6 Å². The average Bonchev–Trinajstić information content (AvgIpc) is 2.99. The molecule has 2 rings (SSSR count). The molecule has 0 spiro atoms. The highest BCUT2D eigenvalue weighted by Gasteiger charge is 2.57. The number of ether oxygens (including phenoxy) is 6. The third kappa shape index (κ3) is 5.25. The molecule has 2 aliphatic heterocycles. The van der Waals surface area contributed by atoms with E-state index in [1.807, 2.05) is 6.92 Å². The lowest BCUT2D eigenvalue weighted by atomic mass is 9.83. The first-order chi connectivity index (χ1) is 13.4. The molecule has 2 aliphatic rings. The van der Waals surface area contributed by atoms with Crippen molar-refractivity contribution in [2.45, 2.75) is 77.0 Å². The van der Waals surface area contributed by atoms with Crippen LogP contribution in [0.4, 0.5) is 0 Å². The Morgan fingerprint density at radius 3 is 2.24 bits per heavy atom. The lowest BCUT2D eigenvalue weighted by molar-refractivity contribution is -0.300. The quantitative estimate of drug-likeness (QED) is 0.617. The van der Waals surface area contributed by atoms with Gasteiger partial charge in [0, 0.05) is 27.4 Å². The highest BCUT2D eigenvalue weighted by molar-refractivity contribution is 5.78. The van der Waals surface area contributed by atoms with Crippen molar-refractivity contribution in [3.63, 3.8) is 0 Å². The van der Waals surface area contributed by atoms with Gasteiger partial charge in [0.2, 0.25) is 5.91 Å². The molecule has 0 aromatic carbocycles. The zero-order valence-corrected chi connectivity index (χ0v) is 18.0. The summed E-state index contributed by atoms with van der Waals surface area (Å²) in [4.78, 5) is 36.2. The first kappa shape index (κ1) is 23.5. The largest absolute Gasteiger partial charge is 0.465 e. The summed E-state index contributed by atoms with van der Waals surface area (Å²) in [5.41, 5.74) is 0. The summed E-state index contributed by atoms with van der Waals surface area (Å²) < 4.78 is 33.4. The zero-order valence-electron chi connectivity index (χ0n) is 18.0. The molecule has 166 valence electrons. The number of esters is 2. The molecule has 1 amide bonds. The summed E-state index contributed by atoms with van der Waals surface area (Å²) in [6.45, 7) is 8.10. The van der Waals surface area contributed by atoms with Crippen LogP contribution >= 0.6 is 0 Å². The standard InChI is InChI=1S/C19H31NO9/c1-10-8-19(25-7,17(23)24-6)29-16(14(10)20-11(2)21)15(27-12(3)22)13-9-26-18(4,5)28-13/h10,13-16H,8-9H2,1-7H3,(H,20,21)/t10-,13-,14-,15-,16-,19+/m1/s1. The maximum absolute atomic E-state index is 12.5. The van der Waals surface area contributed by atoms with E-state index in [0.29, 0.717) is 0 Å². The second kappa shape index (κ2) is 8.95. The Bertz CT molecular complexity index is 637. The van der Waals surface area contributed by atoms with Crippen LogP contribution in [0, 0.1) is 5.92 Å². The third-order valence-electron chi connectivity index (χ3n) is 5.10. The van der Waals surface area contributed by atoms with Gasteiger partial charge in [-0.05, 0) is 19.8 Å². The Kier molecular flexibility index (Phi) is 7.26. The van der Waals surface area contributed by atoms with Crippen molar-refractivity contribution in [2.24, 2.45) is 5.92 Å². The summed E-state index contributed by atoms with van der Waals surface area (Å²) >= 11 is 0. The molecule has 0 unspecified atom stereocenters. The Morgan fingerprint density at radius 2 is 1.79 bits per heavy atom. The smallest absolute Gasteiger partial charge is 0.366 e. The van der Waals surface area contributed by atoms with Gasteiger partial charge >= 0.3 is 11.9 Å². The maximum atomic E-state index is 12.5. The van der Waals surface area contributed by atoms with E-state index in [1.165, 1.54) is 28.1 Å². The number of nitrogens with one attached hydrogen (secondary N) is 1. The molecule has 10 nitrogen and oxygen atoms in total. The van der Waals surface area contributed by atoms with Crippen LogP contribution in [-0.2, 0) is 42.8 Å². The third-order valence-corrected chi connectivity index (χ3v) is 5.10. The molecule has 0 aliphatic carbocycles. The van der Waals surface area contributed by atoms with Crippen molar-refractivity contribution in [1.82, 2.24) is 5.32 Å². The van der Waals surface area contributed by atoms with Crippen LogP contribution in [0.1, 0.15) is 41.0 Å². The van der Waals surface area contributed by atoms with Crippen LogP contribution in [0.15, 0.2) is 0 Å². The molecule has 1 N–H and O–H groups in total. The first-order valence-corrected chi connectivity index (χ1v) is 9.52. The molecular formula is C19H31NO9. The topological polar surface area (TPSA) is 119 Å². The fourth-order valence-electron chi connectivity index (χ4n) is 3.87. The van der Waals surface area contributed by atoms with Gasteiger partial charge in [-0.1, -0.05) is 6.92 Å². The van der Waals surface area contributed by atoms with Crippen LogP contribution in [0.5, 0.6) is 0 Å². The van der Waals surface area contributed by atoms with E-state index in [1.54, 1.807) is 13.8 Å². The maximum Gasteiger partial charge on any atom is 0.366 e. The number of hydrogen-bond donors (Lipinski definition) is 1. The van der Waals surface area contributed by atoms with Crippen LogP contribution in [0.25, 0.3) is 0 Å². The van der Waals surface area contributed by atoms with Gasteiger partial charge in [-0.25, -0.2) is 4.79 Å². The zero-order chi connectivity index (χ0) is 22.0. The average molecular weight is 417 g/mol. The van der Waals surface area contributed by atoms with Gasteiger partial charge in [0.05, 0.1) is 19.8 Å². The van der Waals surface area contributed by atoms with Gasteiger partial charge in [0.1, 0.15) is 12.2 Å². The Balaban J connectivity index is 2.46. The second-order valence-corrected chi connectivity index (χ2v) is 7.88. The number of carbonyl (C=O) groups excluding carboxylic acids is 3. The minimum Gasteiger partial charge on any atom is -0.465 e. The summed E-state index contributed by atoms with van der Waals surface area (Å²) in [7, 11) is 2.56. The normalized spacial score (nSPS) is 34.9. The molecule has 0 saturated carbocycles. The highest BCUT2D eigenvalue weighted by Crippen LogP contribution is 2.39. The number of amides is 1. The van der Waals surface area contributed by atoms with Crippen LogP contribution < -0.4 is 5.32 Å². The van der Waals surface area contributed by atoms with Crippen LogP contribution in [0.2, 0.25) is 0 Å². The lowest BCUT2D eigenvalue weighted by Crippen LogP contribution is -2.66. The monoisotopic (exact) mass is 417 g/mol. The molecule has 6 atom stereocenters. The van der Waals surface area contributed by atoms with Crippen LogP contribution in [0.3, 0.4) is 0 Å². The first-order valence-electron chi connectivity index (χ1n) is 9.52. The van der Waals surface area contributed by atoms with Crippen molar-refractivity contribution in [3.05, 3.63) is 0 Å². The minimum atomic E-state index is -1.71. The van der Waals surface area contributed by atoms with E-state index in [2.05, 4.69) is 5.32 Å². The van der Waals surface area contributed by atoms with Crippen molar-refractivity contribution in [2.75, 3.05) is 20.8 Å². The minimum absolute atomic E-state index is 0.137. The van der Waals surface area contributed by atoms with E-state index in [0.717, 1.165) is 0 Å². The van der Waals surface area contributed by atoms with E-state index >= 15 is 0 Å². The van der Waals surface area contributed by atoms with Crippen molar-refractivity contribution < 1.29 is 42.8 Å². The number of hydrogen-bond acceptors (Lipinski definition) is 9. The van der Waals surface area contributed by atoms with Crippen molar-refractivity contribution in [3.8, 4) is 0 Å². The Morgan fingerprint density at radius 1 is 1.14 bits per heavy atom. The molecule has 10 heteroatoms. The fraction of sp³-hybridized carbons (Fsp3) is 0.842. The molecular weight excluding hydrogens is 386 g/mol. The predicted molar refractivity (Wildman–Crippen MR) is 98.5 cm³/mol.